The number of carbonyl (C=O) groups excluding carboxylic acids is 1. The lowest BCUT2D eigenvalue weighted by Gasteiger charge is -2.28. The van der Waals surface area contributed by atoms with E-state index in [-0.39, 0.29) is 5.91 Å². The number of benzene rings is 1. The number of nitrogens with zero attached hydrogens (tertiary/aromatic N) is 1. The van der Waals surface area contributed by atoms with Crippen molar-refractivity contribution in [1.82, 2.24) is 5.32 Å². The van der Waals surface area contributed by atoms with Crippen molar-refractivity contribution in [3.63, 3.8) is 0 Å². The quantitative estimate of drug-likeness (QED) is 0.818. The van der Waals surface area contributed by atoms with Crippen LogP contribution in [0.1, 0.15) is 30.4 Å². The Morgan fingerprint density at radius 3 is 2.94 bits per heavy atom. The van der Waals surface area contributed by atoms with Crippen LogP contribution in [0.5, 0.6) is 0 Å². The first-order chi connectivity index (χ1) is 8.65. The van der Waals surface area contributed by atoms with Gasteiger partial charge in [-0.1, -0.05) is 19.1 Å². The molecule has 2 atom stereocenters. The Morgan fingerprint density at radius 2 is 2.17 bits per heavy atom. The zero-order valence-electron chi connectivity index (χ0n) is 11.1. The van der Waals surface area contributed by atoms with Crippen LogP contribution in [-0.4, -0.2) is 26.0 Å². The molecule has 0 aromatic heterocycles. The number of likely N-dealkylation sites (N-methyl/N-ethyl adjacent to an activating group) is 1. The predicted octanol–water partition coefficient (Wildman–Crippen LogP) is 1.92. The first-order valence-electron chi connectivity index (χ1n) is 6.75. The molecule has 1 amide bonds. The molecule has 0 spiro atoms. The summed E-state index contributed by atoms with van der Waals surface area (Å²) < 4.78 is 0. The van der Waals surface area contributed by atoms with Crippen LogP contribution in [0.3, 0.4) is 0 Å². The average molecular weight is 244 g/mol. The monoisotopic (exact) mass is 244 g/mol. The molecule has 1 fully saturated rings. The van der Waals surface area contributed by atoms with Gasteiger partial charge in [0, 0.05) is 19.3 Å². The van der Waals surface area contributed by atoms with Crippen LogP contribution in [0.4, 0.5) is 5.69 Å². The Hall–Kier alpha value is -1.35. The van der Waals surface area contributed by atoms with Crippen LogP contribution < -0.4 is 10.2 Å². The van der Waals surface area contributed by atoms with Crippen molar-refractivity contribution in [1.29, 1.82) is 0 Å². The van der Waals surface area contributed by atoms with Gasteiger partial charge in [-0.2, -0.15) is 0 Å². The minimum atomic E-state index is 0.206. The molecule has 0 bridgehead atoms. The Bertz CT molecular complexity index is 483. The van der Waals surface area contributed by atoms with Crippen molar-refractivity contribution >= 4 is 11.6 Å². The molecule has 2 unspecified atom stereocenters. The van der Waals surface area contributed by atoms with Crippen LogP contribution in [-0.2, 0) is 11.2 Å². The van der Waals surface area contributed by atoms with Crippen molar-refractivity contribution < 1.29 is 4.79 Å². The second-order valence-corrected chi connectivity index (χ2v) is 5.71. The highest BCUT2D eigenvalue weighted by Gasteiger charge is 2.26. The van der Waals surface area contributed by atoms with Crippen molar-refractivity contribution in [2.45, 2.75) is 25.7 Å². The molecule has 1 N–H and O–H groups in total. The minimum absolute atomic E-state index is 0.206. The topological polar surface area (TPSA) is 32.3 Å². The normalized spacial score (nSPS) is 27.4. The number of amides is 1. The van der Waals surface area contributed by atoms with Gasteiger partial charge in [0.2, 0.25) is 5.91 Å². The van der Waals surface area contributed by atoms with Crippen LogP contribution in [0.15, 0.2) is 18.2 Å². The van der Waals surface area contributed by atoms with E-state index in [1.165, 1.54) is 17.5 Å². The largest absolute Gasteiger partial charge is 0.316 e. The van der Waals surface area contributed by atoms with Crippen molar-refractivity contribution in [2.24, 2.45) is 5.92 Å². The maximum absolute atomic E-state index is 11.7. The van der Waals surface area contributed by atoms with Crippen molar-refractivity contribution in [3.8, 4) is 0 Å². The third-order valence-corrected chi connectivity index (χ3v) is 4.22. The molecule has 1 aromatic rings. The van der Waals surface area contributed by atoms with Gasteiger partial charge < -0.3 is 10.2 Å². The molecule has 2 aliphatic heterocycles. The third kappa shape index (κ3) is 1.93. The number of rotatable bonds is 1. The standard InChI is InChI=1S/C15H20N2O/c1-10-5-13(9-16-8-10)11-3-4-14-12(6-11)7-15(18)17(14)2/h3-4,6,10,13,16H,5,7-9H2,1-2H3. The summed E-state index contributed by atoms with van der Waals surface area (Å²) in [6.07, 6.45) is 1.81. The van der Waals surface area contributed by atoms with E-state index in [1.807, 2.05) is 7.05 Å². The number of anilines is 1. The Balaban J connectivity index is 1.87. The molecule has 96 valence electrons. The van der Waals surface area contributed by atoms with Crippen LogP contribution >= 0.6 is 0 Å². The highest BCUT2D eigenvalue weighted by molar-refractivity contribution is 6.00. The van der Waals surface area contributed by atoms with E-state index in [9.17, 15) is 4.79 Å². The molecule has 18 heavy (non-hydrogen) atoms. The predicted molar refractivity (Wildman–Crippen MR) is 72.9 cm³/mol. The van der Waals surface area contributed by atoms with Crippen LogP contribution in [0, 0.1) is 5.92 Å². The molecule has 1 saturated heterocycles. The molecule has 0 aliphatic carbocycles. The SMILES string of the molecule is CC1CNCC(c2ccc3c(c2)CC(=O)N3C)C1. The van der Waals surface area contributed by atoms with E-state index in [0.29, 0.717) is 12.3 Å². The first kappa shape index (κ1) is 11.7. The van der Waals surface area contributed by atoms with Gasteiger partial charge >= 0.3 is 0 Å². The summed E-state index contributed by atoms with van der Waals surface area (Å²) in [5.41, 5.74) is 3.66. The van der Waals surface area contributed by atoms with E-state index >= 15 is 0 Å². The summed E-state index contributed by atoms with van der Waals surface area (Å²) in [7, 11) is 1.86. The Morgan fingerprint density at radius 1 is 1.33 bits per heavy atom. The van der Waals surface area contributed by atoms with E-state index in [1.54, 1.807) is 4.90 Å². The molecule has 1 aromatic carbocycles. The number of fused-ring (bicyclic) bond motifs is 1. The average Bonchev–Trinajstić information content (AvgIpc) is 2.65. The molecule has 2 heterocycles. The number of nitrogens with one attached hydrogen (secondary N) is 1. The number of piperidine rings is 1. The van der Waals surface area contributed by atoms with Crippen molar-refractivity contribution in [2.75, 3.05) is 25.0 Å². The summed E-state index contributed by atoms with van der Waals surface area (Å²) in [4.78, 5) is 13.4. The van der Waals surface area contributed by atoms with Gasteiger partial charge in [-0.05, 0) is 42.0 Å². The minimum Gasteiger partial charge on any atom is -0.316 e. The summed E-state index contributed by atoms with van der Waals surface area (Å²) in [5.74, 6) is 1.54. The van der Waals surface area contributed by atoms with E-state index < -0.39 is 0 Å². The summed E-state index contributed by atoms with van der Waals surface area (Å²) in [6.45, 7) is 4.49. The fourth-order valence-electron chi connectivity index (χ4n) is 3.15. The lowest BCUT2D eigenvalue weighted by Crippen LogP contribution is -2.33. The van der Waals surface area contributed by atoms with Crippen LogP contribution in [0.2, 0.25) is 0 Å². The number of hydrogen-bond acceptors (Lipinski definition) is 2. The fraction of sp³-hybridized carbons (Fsp3) is 0.533. The van der Waals surface area contributed by atoms with Gasteiger partial charge in [0.25, 0.3) is 0 Å². The van der Waals surface area contributed by atoms with Gasteiger partial charge in [-0.3, -0.25) is 4.79 Å². The lowest BCUT2D eigenvalue weighted by molar-refractivity contribution is -0.117. The summed E-state index contributed by atoms with van der Waals surface area (Å²) in [5, 5.41) is 3.49. The van der Waals surface area contributed by atoms with Gasteiger partial charge in [0.1, 0.15) is 0 Å². The molecule has 0 radical (unpaired) electrons. The second kappa shape index (κ2) is 4.39. The maximum atomic E-state index is 11.7. The van der Waals surface area contributed by atoms with E-state index in [4.69, 9.17) is 0 Å². The first-order valence-corrected chi connectivity index (χ1v) is 6.75. The highest BCUT2D eigenvalue weighted by Crippen LogP contribution is 2.33. The highest BCUT2D eigenvalue weighted by atomic mass is 16.2. The van der Waals surface area contributed by atoms with Crippen molar-refractivity contribution in [3.05, 3.63) is 29.3 Å². The summed E-state index contributed by atoms with van der Waals surface area (Å²) in [6, 6.07) is 6.54. The van der Waals surface area contributed by atoms with Gasteiger partial charge in [-0.15, -0.1) is 0 Å². The van der Waals surface area contributed by atoms with E-state index in [2.05, 4.69) is 30.4 Å². The molecule has 0 saturated carbocycles. The Labute approximate surface area is 108 Å². The second-order valence-electron chi connectivity index (χ2n) is 5.71. The molecular formula is C15H20N2O. The third-order valence-electron chi connectivity index (χ3n) is 4.22. The molecule has 2 aliphatic rings. The zero-order chi connectivity index (χ0) is 12.7. The zero-order valence-corrected chi connectivity index (χ0v) is 11.1. The molecule has 3 nitrogen and oxygen atoms in total. The van der Waals surface area contributed by atoms with Gasteiger partial charge in [0.05, 0.1) is 6.42 Å². The van der Waals surface area contributed by atoms with Gasteiger partial charge in [-0.25, -0.2) is 0 Å². The van der Waals surface area contributed by atoms with Gasteiger partial charge in [0.15, 0.2) is 0 Å². The number of carbonyl (C=O) groups is 1. The molecular weight excluding hydrogens is 224 g/mol. The maximum Gasteiger partial charge on any atom is 0.231 e. The van der Waals surface area contributed by atoms with Crippen LogP contribution in [0.25, 0.3) is 0 Å². The fourth-order valence-corrected chi connectivity index (χ4v) is 3.15. The number of hydrogen-bond donors (Lipinski definition) is 1. The Kier molecular flexibility index (Phi) is 2.86. The lowest BCUT2D eigenvalue weighted by atomic mass is 9.86. The smallest absolute Gasteiger partial charge is 0.231 e. The molecule has 3 heteroatoms. The summed E-state index contributed by atoms with van der Waals surface area (Å²) >= 11 is 0. The molecule has 3 rings (SSSR count). The van der Waals surface area contributed by atoms with E-state index in [0.717, 1.165) is 24.7 Å².